The molecule has 1 saturated carbocycles. The van der Waals surface area contributed by atoms with Gasteiger partial charge < -0.3 is 4.90 Å². The Kier molecular flexibility index (Phi) is 2.28. The molecule has 0 bridgehead atoms. The van der Waals surface area contributed by atoms with Crippen molar-refractivity contribution in [3.05, 3.63) is 0 Å². The summed E-state index contributed by atoms with van der Waals surface area (Å²) in [6, 6.07) is 0. The van der Waals surface area contributed by atoms with Crippen molar-refractivity contribution in [2.24, 2.45) is 0 Å². The van der Waals surface area contributed by atoms with E-state index in [4.69, 9.17) is 0 Å². The molecular formula is C10H18N2O. The molecule has 74 valence electrons. The lowest BCUT2D eigenvalue weighted by Gasteiger charge is -2.40. The van der Waals surface area contributed by atoms with Crippen molar-refractivity contribution in [3.63, 3.8) is 0 Å². The van der Waals surface area contributed by atoms with Gasteiger partial charge in [-0.1, -0.05) is 6.92 Å². The molecule has 2 rings (SSSR count). The molecule has 1 aliphatic carbocycles. The molecule has 0 aromatic rings. The van der Waals surface area contributed by atoms with E-state index in [0.29, 0.717) is 5.54 Å². The molecule has 1 aliphatic heterocycles. The fraction of sp³-hybridized carbons (Fsp3) is 0.900. The molecule has 13 heavy (non-hydrogen) atoms. The maximum atomic E-state index is 10.6. The summed E-state index contributed by atoms with van der Waals surface area (Å²) >= 11 is 0. The summed E-state index contributed by atoms with van der Waals surface area (Å²) in [6.45, 7) is 6.39. The van der Waals surface area contributed by atoms with Gasteiger partial charge in [-0.05, 0) is 25.8 Å². The minimum absolute atomic E-state index is 0.398. The third kappa shape index (κ3) is 1.57. The van der Waals surface area contributed by atoms with Crippen LogP contribution in [-0.2, 0) is 4.79 Å². The van der Waals surface area contributed by atoms with Gasteiger partial charge in [-0.15, -0.1) is 0 Å². The van der Waals surface area contributed by atoms with Gasteiger partial charge in [0, 0.05) is 25.2 Å². The second kappa shape index (κ2) is 3.29. The van der Waals surface area contributed by atoms with E-state index in [1.54, 1.807) is 0 Å². The minimum atomic E-state index is 0.398. The van der Waals surface area contributed by atoms with Crippen molar-refractivity contribution in [1.29, 1.82) is 0 Å². The number of rotatable bonds is 3. The molecule has 2 fully saturated rings. The van der Waals surface area contributed by atoms with E-state index in [-0.39, 0.29) is 0 Å². The first-order valence-electron chi connectivity index (χ1n) is 5.25. The fourth-order valence-electron chi connectivity index (χ4n) is 2.37. The highest BCUT2D eigenvalue weighted by Crippen LogP contribution is 2.43. The number of nitrogens with zero attached hydrogens (tertiary/aromatic N) is 2. The Morgan fingerprint density at radius 3 is 2.69 bits per heavy atom. The summed E-state index contributed by atoms with van der Waals surface area (Å²) in [5, 5.41) is 0. The minimum Gasteiger partial charge on any atom is -0.342 e. The average molecular weight is 182 g/mol. The smallest absolute Gasteiger partial charge is 0.209 e. The number of hydrogen-bond acceptors (Lipinski definition) is 2. The second-order valence-corrected chi connectivity index (χ2v) is 4.29. The molecule has 1 heterocycles. The molecule has 1 spiro atoms. The standard InChI is InChI=1S/C10H18N2O/c1-2-5-12-7-6-11(9-13)8-10(12)3-4-10/h9H,2-8H2,1H3. The number of hydrogen-bond donors (Lipinski definition) is 0. The zero-order valence-electron chi connectivity index (χ0n) is 8.33. The lowest BCUT2D eigenvalue weighted by atomic mass is 10.1. The third-order valence-electron chi connectivity index (χ3n) is 3.30. The van der Waals surface area contributed by atoms with Crippen LogP contribution >= 0.6 is 0 Å². The first-order valence-corrected chi connectivity index (χ1v) is 5.25. The average Bonchev–Trinajstić information content (AvgIpc) is 2.90. The monoisotopic (exact) mass is 182 g/mol. The molecule has 0 aromatic heterocycles. The van der Waals surface area contributed by atoms with Crippen molar-refractivity contribution in [1.82, 2.24) is 9.80 Å². The van der Waals surface area contributed by atoms with Crippen molar-refractivity contribution < 1.29 is 4.79 Å². The Labute approximate surface area is 79.7 Å². The molecule has 2 aliphatic rings. The highest BCUT2D eigenvalue weighted by molar-refractivity contribution is 5.48. The van der Waals surface area contributed by atoms with Gasteiger partial charge in [0.05, 0.1) is 0 Å². The lowest BCUT2D eigenvalue weighted by molar-refractivity contribution is -0.121. The van der Waals surface area contributed by atoms with Gasteiger partial charge in [-0.2, -0.15) is 0 Å². The van der Waals surface area contributed by atoms with Crippen LogP contribution in [0.25, 0.3) is 0 Å². The summed E-state index contributed by atoms with van der Waals surface area (Å²) in [5.41, 5.74) is 0.398. The fourth-order valence-corrected chi connectivity index (χ4v) is 2.37. The van der Waals surface area contributed by atoms with Crippen LogP contribution in [0.4, 0.5) is 0 Å². The van der Waals surface area contributed by atoms with Gasteiger partial charge in [0.15, 0.2) is 0 Å². The molecule has 0 radical (unpaired) electrons. The summed E-state index contributed by atoms with van der Waals surface area (Å²) in [7, 11) is 0. The van der Waals surface area contributed by atoms with Gasteiger partial charge in [0.2, 0.25) is 6.41 Å². The van der Waals surface area contributed by atoms with Crippen LogP contribution in [0.5, 0.6) is 0 Å². The summed E-state index contributed by atoms with van der Waals surface area (Å²) in [4.78, 5) is 15.2. The molecule has 3 heteroatoms. The first kappa shape index (κ1) is 9.00. The van der Waals surface area contributed by atoms with E-state index in [2.05, 4.69) is 11.8 Å². The van der Waals surface area contributed by atoms with E-state index in [1.165, 1.54) is 25.8 Å². The number of amides is 1. The summed E-state index contributed by atoms with van der Waals surface area (Å²) in [6.07, 6.45) is 4.81. The molecule has 0 atom stereocenters. The van der Waals surface area contributed by atoms with Gasteiger partial charge in [0.1, 0.15) is 0 Å². The molecular weight excluding hydrogens is 164 g/mol. The zero-order valence-corrected chi connectivity index (χ0v) is 8.33. The molecule has 0 N–H and O–H groups in total. The molecule has 3 nitrogen and oxygen atoms in total. The van der Waals surface area contributed by atoms with Crippen LogP contribution in [-0.4, -0.2) is 47.9 Å². The number of piperazine rings is 1. The largest absolute Gasteiger partial charge is 0.342 e. The van der Waals surface area contributed by atoms with E-state index < -0.39 is 0 Å². The maximum Gasteiger partial charge on any atom is 0.209 e. The van der Waals surface area contributed by atoms with E-state index in [0.717, 1.165) is 26.0 Å². The van der Waals surface area contributed by atoms with E-state index in [9.17, 15) is 4.79 Å². The van der Waals surface area contributed by atoms with Crippen LogP contribution in [0, 0.1) is 0 Å². The van der Waals surface area contributed by atoms with Gasteiger partial charge in [-0.25, -0.2) is 0 Å². The van der Waals surface area contributed by atoms with Crippen LogP contribution < -0.4 is 0 Å². The summed E-state index contributed by atoms with van der Waals surface area (Å²) < 4.78 is 0. The summed E-state index contributed by atoms with van der Waals surface area (Å²) in [5.74, 6) is 0. The Bertz CT molecular complexity index is 201. The lowest BCUT2D eigenvalue weighted by Crippen LogP contribution is -2.54. The maximum absolute atomic E-state index is 10.6. The van der Waals surface area contributed by atoms with Crippen LogP contribution in [0.3, 0.4) is 0 Å². The molecule has 1 amide bonds. The third-order valence-corrected chi connectivity index (χ3v) is 3.30. The highest BCUT2D eigenvalue weighted by atomic mass is 16.1. The van der Waals surface area contributed by atoms with Gasteiger partial charge in [0.25, 0.3) is 0 Å². The topological polar surface area (TPSA) is 23.6 Å². The van der Waals surface area contributed by atoms with Gasteiger partial charge >= 0.3 is 0 Å². The Hall–Kier alpha value is -0.570. The number of carbonyl (C=O) groups excluding carboxylic acids is 1. The Morgan fingerprint density at radius 1 is 1.38 bits per heavy atom. The van der Waals surface area contributed by atoms with Crippen molar-refractivity contribution >= 4 is 6.41 Å². The molecule has 0 aromatic carbocycles. The quantitative estimate of drug-likeness (QED) is 0.600. The Morgan fingerprint density at radius 2 is 2.15 bits per heavy atom. The van der Waals surface area contributed by atoms with Gasteiger partial charge in [-0.3, -0.25) is 9.69 Å². The predicted molar refractivity (Wildman–Crippen MR) is 51.5 cm³/mol. The van der Waals surface area contributed by atoms with Crippen LogP contribution in [0.2, 0.25) is 0 Å². The normalized spacial score (nSPS) is 26.4. The predicted octanol–water partition coefficient (Wildman–Crippen LogP) is 0.703. The SMILES string of the molecule is CCCN1CCN(C=O)CC12CC2. The number of carbonyl (C=O) groups is 1. The highest BCUT2D eigenvalue weighted by Gasteiger charge is 2.50. The van der Waals surface area contributed by atoms with Crippen LogP contribution in [0.15, 0.2) is 0 Å². The van der Waals surface area contributed by atoms with Crippen molar-refractivity contribution in [2.45, 2.75) is 31.7 Å². The second-order valence-electron chi connectivity index (χ2n) is 4.29. The van der Waals surface area contributed by atoms with E-state index >= 15 is 0 Å². The Balaban J connectivity index is 1.97. The van der Waals surface area contributed by atoms with Crippen molar-refractivity contribution in [2.75, 3.05) is 26.2 Å². The molecule has 0 unspecified atom stereocenters. The van der Waals surface area contributed by atoms with E-state index in [1.807, 2.05) is 4.90 Å². The first-order chi connectivity index (χ1) is 6.30. The molecule has 1 saturated heterocycles. The van der Waals surface area contributed by atoms with Crippen LogP contribution in [0.1, 0.15) is 26.2 Å². The zero-order chi connectivity index (χ0) is 9.31. The van der Waals surface area contributed by atoms with Crippen molar-refractivity contribution in [3.8, 4) is 0 Å².